The van der Waals surface area contributed by atoms with E-state index < -0.39 is 0 Å². The van der Waals surface area contributed by atoms with Gasteiger partial charge in [0.1, 0.15) is 5.82 Å². The minimum absolute atomic E-state index is 0.400. The van der Waals surface area contributed by atoms with E-state index in [9.17, 15) is 0 Å². The third-order valence-corrected chi connectivity index (χ3v) is 6.10. The van der Waals surface area contributed by atoms with Crippen LogP contribution in [0.5, 0.6) is 11.5 Å². The number of hydrogen-bond acceptors (Lipinski definition) is 8. The van der Waals surface area contributed by atoms with Crippen molar-refractivity contribution < 1.29 is 13.9 Å². The van der Waals surface area contributed by atoms with Gasteiger partial charge in [-0.1, -0.05) is 41.6 Å². The lowest BCUT2D eigenvalue weighted by Crippen LogP contribution is -2.04. The van der Waals surface area contributed by atoms with Crippen molar-refractivity contribution in [3.8, 4) is 23.0 Å². The zero-order valence-corrected chi connectivity index (χ0v) is 19.5. The Bertz CT molecular complexity index is 1210. The van der Waals surface area contributed by atoms with E-state index in [0.717, 1.165) is 23.1 Å². The van der Waals surface area contributed by atoms with Crippen LogP contribution in [0.2, 0.25) is 5.02 Å². The molecule has 0 unspecified atom stereocenters. The lowest BCUT2D eigenvalue weighted by Gasteiger charge is -2.10. The van der Waals surface area contributed by atoms with Crippen molar-refractivity contribution in [3.63, 3.8) is 0 Å². The van der Waals surface area contributed by atoms with Crippen LogP contribution in [0.1, 0.15) is 24.2 Å². The van der Waals surface area contributed by atoms with E-state index >= 15 is 0 Å². The van der Waals surface area contributed by atoms with Crippen LogP contribution in [0.15, 0.2) is 52.0 Å². The van der Waals surface area contributed by atoms with Gasteiger partial charge in [0.2, 0.25) is 11.8 Å². The predicted octanol–water partition coefficient (Wildman–Crippen LogP) is 4.90. The molecule has 32 heavy (non-hydrogen) atoms. The number of thioether (sulfide) groups is 1. The highest BCUT2D eigenvalue weighted by Crippen LogP contribution is 2.30. The fraction of sp³-hybridized carbons (Fsp3) is 0.273. The Balaban J connectivity index is 1.47. The quantitative estimate of drug-likeness (QED) is 0.318. The molecule has 0 fully saturated rings. The van der Waals surface area contributed by atoms with Crippen molar-refractivity contribution in [1.29, 1.82) is 0 Å². The van der Waals surface area contributed by atoms with Crippen molar-refractivity contribution in [3.05, 3.63) is 64.8 Å². The van der Waals surface area contributed by atoms with E-state index in [-0.39, 0.29) is 0 Å². The molecule has 2 aromatic heterocycles. The number of aromatic nitrogens is 5. The zero-order chi connectivity index (χ0) is 22.5. The Morgan fingerprint density at radius 3 is 2.56 bits per heavy atom. The average molecular weight is 472 g/mol. The van der Waals surface area contributed by atoms with Crippen LogP contribution >= 0.6 is 23.4 Å². The van der Waals surface area contributed by atoms with E-state index in [4.69, 9.17) is 25.5 Å². The third-order valence-electron chi connectivity index (χ3n) is 4.82. The molecule has 2 aromatic carbocycles. The van der Waals surface area contributed by atoms with Gasteiger partial charge in [0.05, 0.1) is 30.6 Å². The molecule has 0 saturated heterocycles. The van der Waals surface area contributed by atoms with Crippen LogP contribution in [0.3, 0.4) is 0 Å². The molecule has 0 radical (unpaired) electrons. The smallest absolute Gasteiger partial charge is 0.249 e. The fourth-order valence-electron chi connectivity index (χ4n) is 3.23. The Morgan fingerprint density at radius 2 is 1.81 bits per heavy atom. The maximum absolute atomic E-state index is 6.22. The van der Waals surface area contributed by atoms with Crippen molar-refractivity contribution >= 4 is 23.4 Å². The first-order chi connectivity index (χ1) is 15.6. The summed E-state index contributed by atoms with van der Waals surface area (Å²) in [6.07, 6.45) is 0.624. The Kier molecular flexibility index (Phi) is 6.96. The van der Waals surface area contributed by atoms with Crippen LogP contribution < -0.4 is 9.47 Å². The van der Waals surface area contributed by atoms with Gasteiger partial charge in [-0.25, -0.2) is 0 Å². The zero-order valence-electron chi connectivity index (χ0n) is 17.9. The molecule has 0 bridgehead atoms. The molecule has 2 heterocycles. The second-order valence-corrected chi connectivity index (χ2v) is 8.13. The minimum atomic E-state index is 0.400. The van der Waals surface area contributed by atoms with Gasteiger partial charge >= 0.3 is 0 Å². The molecule has 0 aliphatic rings. The first kappa shape index (κ1) is 22.2. The highest BCUT2D eigenvalue weighted by Gasteiger charge is 2.16. The maximum Gasteiger partial charge on any atom is 0.249 e. The number of hydrogen-bond donors (Lipinski definition) is 0. The molecule has 0 saturated carbocycles. The normalized spacial score (nSPS) is 11.0. The summed E-state index contributed by atoms with van der Waals surface area (Å²) in [5.74, 6) is 3.62. The Hall–Kier alpha value is -3.04. The summed E-state index contributed by atoms with van der Waals surface area (Å²) in [7, 11) is 3.25. The number of rotatable bonds is 9. The molecule has 4 rings (SSSR count). The number of nitrogens with zero attached hydrogens (tertiary/aromatic N) is 5. The van der Waals surface area contributed by atoms with Crippen LogP contribution in [-0.4, -0.2) is 39.2 Å². The lowest BCUT2D eigenvalue weighted by atomic mass is 10.1. The van der Waals surface area contributed by atoms with Crippen molar-refractivity contribution in [1.82, 2.24) is 25.0 Å². The Labute approximate surface area is 194 Å². The van der Waals surface area contributed by atoms with Gasteiger partial charge in [0, 0.05) is 13.0 Å². The molecule has 0 spiro atoms. The minimum Gasteiger partial charge on any atom is -0.493 e. The summed E-state index contributed by atoms with van der Waals surface area (Å²) < 4.78 is 18.6. The summed E-state index contributed by atoms with van der Waals surface area (Å²) >= 11 is 7.71. The predicted molar refractivity (Wildman–Crippen MR) is 122 cm³/mol. The third kappa shape index (κ3) is 4.73. The highest BCUT2D eigenvalue weighted by molar-refractivity contribution is 7.98. The number of halogens is 1. The van der Waals surface area contributed by atoms with Crippen molar-refractivity contribution in [2.45, 2.75) is 30.8 Å². The average Bonchev–Trinajstić information content (AvgIpc) is 3.44. The summed E-state index contributed by atoms with van der Waals surface area (Å²) in [4.78, 5) is 0. The van der Waals surface area contributed by atoms with Gasteiger partial charge in [-0.05, 0) is 36.8 Å². The molecule has 0 aliphatic heterocycles. The fourth-order valence-corrected chi connectivity index (χ4v) is 4.30. The van der Waals surface area contributed by atoms with Gasteiger partial charge in [-0.15, -0.1) is 20.4 Å². The van der Waals surface area contributed by atoms with E-state index in [2.05, 4.69) is 31.9 Å². The lowest BCUT2D eigenvalue weighted by molar-refractivity contribution is 0.354. The molecule has 0 amide bonds. The first-order valence-electron chi connectivity index (χ1n) is 9.96. The number of ether oxygens (including phenoxy) is 2. The summed E-state index contributed by atoms with van der Waals surface area (Å²) in [6, 6.07) is 13.2. The number of benzene rings is 2. The summed E-state index contributed by atoms with van der Waals surface area (Å²) in [5.41, 5.74) is 1.77. The topological polar surface area (TPSA) is 88.1 Å². The second kappa shape index (κ2) is 10.1. The van der Waals surface area contributed by atoms with Crippen LogP contribution in [0, 0.1) is 0 Å². The van der Waals surface area contributed by atoms with Gasteiger partial charge in [0.25, 0.3) is 0 Å². The van der Waals surface area contributed by atoms with E-state index in [0.29, 0.717) is 46.0 Å². The van der Waals surface area contributed by atoms with Crippen molar-refractivity contribution in [2.24, 2.45) is 0 Å². The van der Waals surface area contributed by atoms with Crippen LogP contribution in [-0.2, 0) is 18.7 Å². The van der Waals surface area contributed by atoms with E-state index in [1.54, 1.807) is 20.3 Å². The summed E-state index contributed by atoms with van der Waals surface area (Å²) in [5, 5.41) is 18.4. The van der Waals surface area contributed by atoms with Gasteiger partial charge in [0.15, 0.2) is 16.7 Å². The standard InChI is InChI=1S/C22H22ClN5O3S/c1-4-28-19(12-14-9-10-17(29-2)18(11-14)30-3)24-27-22(28)32-13-20-25-26-21(31-20)15-7-5-6-8-16(15)23/h5-11H,4,12-13H2,1-3H3. The first-order valence-corrected chi connectivity index (χ1v) is 11.3. The Morgan fingerprint density at radius 1 is 1.00 bits per heavy atom. The molecule has 8 nitrogen and oxygen atoms in total. The van der Waals surface area contributed by atoms with Gasteiger partial charge in [-0.3, -0.25) is 0 Å². The monoisotopic (exact) mass is 471 g/mol. The van der Waals surface area contributed by atoms with Gasteiger partial charge in [-0.2, -0.15) is 0 Å². The highest BCUT2D eigenvalue weighted by atomic mass is 35.5. The molecule has 0 aliphatic carbocycles. The van der Waals surface area contributed by atoms with Crippen LogP contribution in [0.25, 0.3) is 11.5 Å². The molecule has 166 valence electrons. The second-order valence-electron chi connectivity index (χ2n) is 6.78. The van der Waals surface area contributed by atoms with Crippen molar-refractivity contribution in [2.75, 3.05) is 14.2 Å². The SMILES string of the molecule is CCn1c(Cc2ccc(OC)c(OC)c2)nnc1SCc1nnc(-c2ccccc2Cl)o1. The number of methoxy groups -OCH3 is 2. The molecule has 4 aromatic rings. The maximum atomic E-state index is 6.22. The summed E-state index contributed by atoms with van der Waals surface area (Å²) in [6.45, 7) is 2.81. The van der Waals surface area contributed by atoms with E-state index in [1.165, 1.54) is 11.8 Å². The van der Waals surface area contributed by atoms with Gasteiger partial charge < -0.3 is 18.5 Å². The molecule has 10 heteroatoms. The van der Waals surface area contributed by atoms with E-state index in [1.807, 2.05) is 36.4 Å². The molecule has 0 atom stereocenters. The van der Waals surface area contributed by atoms with Crippen LogP contribution in [0.4, 0.5) is 0 Å². The largest absolute Gasteiger partial charge is 0.493 e. The molecule has 0 N–H and O–H groups in total. The molecular weight excluding hydrogens is 450 g/mol. The molecular formula is C22H22ClN5O3S.